The van der Waals surface area contributed by atoms with Crippen LogP contribution >= 0.6 is 11.8 Å². The number of anilines is 1. The number of rotatable bonds is 6. The van der Waals surface area contributed by atoms with E-state index in [-0.39, 0.29) is 4.90 Å². The van der Waals surface area contributed by atoms with Crippen LogP contribution in [0.3, 0.4) is 0 Å². The van der Waals surface area contributed by atoms with Crippen LogP contribution in [0.2, 0.25) is 0 Å². The van der Waals surface area contributed by atoms with Crippen LogP contribution in [-0.4, -0.2) is 25.1 Å². The maximum atomic E-state index is 12.6. The van der Waals surface area contributed by atoms with Gasteiger partial charge in [0.2, 0.25) is 0 Å². The first-order chi connectivity index (χ1) is 12.0. The number of aryl methyl sites for hydroxylation is 1. The molecule has 6 nitrogen and oxygen atoms in total. The number of hydrogen-bond acceptors (Lipinski definition) is 5. The van der Waals surface area contributed by atoms with E-state index in [1.807, 2.05) is 29.9 Å². The van der Waals surface area contributed by atoms with E-state index in [1.165, 1.54) is 31.0 Å². The second-order valence-corrected chi connectivity index (χ2v) is 7.89. The van der Waals surface area contributed by atoms with E-state index >= 15 is 0 Å². The van der Waals surface area contributed by atoms with Crippen molar-refractivity contribution in [3.8, 4) is 5.75 Å². The molecule has 0 atom stereocenters. The standard InChI is InChI=1S/C17H17N3O3S2/c1-20-12-11-18-17(20)24-16-6-4-3-5-15(16)19-25(21,22)14-9-7-13(23-2)8-10-14/h3-12,19H,1-2H3. The van der Waals surface area contributed by atoms with Gasteiger partial charge in [0.15, 0.2) is 5.16 Å². The first-order valence-corrected chi connectivity index (χ1v) is 9.70. The summed E-state index contributed by atoms with van der Waals surface area (Å²) in [5.41, 5.74) is 0.506. The van der Waals surface area contributed by atoms with E-state index in [1.54, 1.807) is 30.5 Å². The van der Waals surface area contributed by atoms with Gasteiger partial charge in [-0.2, -0.15) is 0 Å². The molecule has 0 saturated carbocycles. The Bertz CT molecular complexity index is 967. The fourth-order valence-electron chi connectivity index (χ4n) is 2.15. The van der Waals surface area contributed by atoms with Gasteiger partial charge >= 0.3 is 0 Å². The van der Waals surface area contributed by atoms with Gasteiger partial charge in [-0.3, -0.25) is 4.72 Å². The molecule has 1 heterocycles. The highest BCUT2D eigenvalue weighted by Crippen LogP contribution is 2.33. The fraction of sp³-hybridized carbons (Fsp3) is 0.118. The molecule has 0 radical (unpaired) electrons. The number of imidazole rings is 1. The number of hydrogen-bond donors (Lipinski definition) is 1. The van der Waals surface area contributed by atoms with Crippen molar-refractivity contribution in [2.45, 2.75) is 14.9 Å². The average molecular weight is 375 g/mol. The van der Waals surface area contributed by atoms with E-state index in [9.17, 15) is 8.42 Å². The van der Waals surface area contributed by atoms with Crippen LogP contribution in [0.1, 0.15) is 0 Å². The second kappa shape index (κ2) is 7.20. The second-order valence-electron chi connectivity index (χ2n) is 5.20. The van der Waals surface area contributed by atoms with E-state index in [4.69, 9.17) is 4.74 Å². The quantitative estimate of drug-likeness (QED) is 0.715. The highest BCUT2D eigenvalue weighted by molar-refractivity contribution is 7.99. The maximum Gasteiger partial charge on any atom is 0.261 e. The predicted molar refractivity (Wildman–Crippen MR) is 97.6 cm³/mol. The molecule has 0 aliphatic heterocycles. The number of para-hydroxylation sites is 1. The van der Waals surface area contributed by atoms with Crippen molar-refractivity contribution >= 4 is 27.5 Å². The molecule has 130 valence electrons. The van der Waals surface area contributed by atoms with Crippen molar-refractivity contribution in [3.63, 3.8) is 0 Å². The van der Waals surface area contributed by atoms with Gasteiger partial charge in [-0.1, -0.05) is 12.1 Å². The van der Waals surface area contributed by atoms with E-state index in [2.05, 4.69) is 9.71 Å². The molecule has 1 aromatic heterocycles. The SMILES string of the molecule is COc1ccc(S(=O)(=O)Nc2ccccc2Sc2nccn2C)cc1. The summed E-state index contributed by atoms with van der Waals surface area (Å²) in [6.45, 7) is 0. The van der Waals surface area contributed by atoms with Crippen LogP contribution in [-0.2, 0) is 17.1 Å². The monoisotopic (exact) mass is 375 g/mol. The number of methoxy groups -OCH3 is 1. The first kappa shape index (κ1) is 17.4. The van der Waals surface area contributed by atoms with Crippen LogP contribution < -0.4 is 9.46 Å². The summed E-state index contributed by atoms with van der Waals surface area (Å²) in [5.74, 6) is 0.602. The van der Waals surface area contributed by atoms with Crippen LogP contribution in [0.5, 0.6) is 5.75 Å². The lowest BCUT2D eigenvalue weighted by molar-refractivity contribution is 0.414. The van der Waals surface area contributed by atoms with Crippen molar-refractivity contribution in [1.82, 2.24) is 9.55 Å². The third-order valence-electron chi connectivity index (χ3n) is 3.48. The molecule has 0 unspecified atom stereocenters. The molecule has 25 heavy (non-hydrogen) atoms. The lowest BCUT2D eigenvalue weighted by atomic mass is 10.3. The van der Waals surface area contributed by atoms with Gasteiger partial charge in [0, 0.05) is 24.3 Å². The molecular weight excluding hydrogens is 358 g/mol. The third-order valence-corrected chi connectivity index (χ3v) is 6.01. The van der Waals surface area contributed by atoms with Crippen molar-refractivity contribution in [3.05, 3.63) is 60.9 Å². The lowest BCUT2D eigenvalue weighted by Gasteiger charge is -2.12. The van der Waals surface area contributed by atoms with Crippen molar-refractivity contribution in [2.75, 3.05) is 11.8 Å². The van der Waals surface area contributed by atoms with Crippen molar-refractivity contribution < 1.29 is 13.2 Å². The molecule has 2 aromatic carbocycles. The number of nitrogens with one attached hydrogen (secondary N) is 1. The van der Waals surface area contributed by atoms with Crippen LogP contribution in [0.4, 0.5) is 5.69 Å². The average Bonchev–Trinajstić information content (AvgIpc) is 3.01. The summed E-state index contributed by atoms with van der Waals surface area (Å²) < 4.78 is 34.9. The number of ether oxygens (including phenoxy) is 1. The highest BCUT2D eigenvalue weighted by Gasteiger charge is 2.17. The summed E-state index contributed by atoms with van der Waals surface area (Å²) in [5, 5.41) is 0.774. The van der Waals surface area contributed by atoms with E-state index in [0.717, 1.165) is 10.1 Å². The zero-order valence-corrected chi connectivity index (χ0v) is 15.3. The molecule has 3 aromatic rings. The van der Waals surface area contributed by atoms with Gasteiger partial charge in [0.25, 0.3) is 10.0 Å². The molecule has 0 fully saturated rings. The Labute approximate surface area is 150 Å². The first-order valence-electron chi connectivity index (χ1n) is 7.41. The minimum atomic E-state index is -3.70. The van der Waals surface area contributed by atoms with Gasteiger partial charge < -0.3 is 9.30 Å². The van der Waals surface area contributed by atoms with Gasteiger partial charge in [0.1, 0.15) is 5.75 Å². The molecule has 1 N–H and O–H groups in total. The Kier molecular flexibility index (Phi) is 5.00. The predicted octanol–water partition coefficient (Wildman–Crippen LogP) is 3.38. The molecule has 0 aliphatic rings. The van der Waals surface area contributed by atoms with Gasteiger partial charge in [-0.05, 0) is 48.2 Å². The Morgan fingerprint density at radius 1 is 1.12 bits per heavy atom. The summed E-state index contributed by atoms with van der Waals surface area (Å²) in [7, 11) is -0.273. The van der Waals surface area contributed by atoms with Crippen molar-refractivity contribution in [2.24, 2.45) is 7.05 Å². The van der Waals surface area contributed by atoms with Gasteiger partial charge in [-0.25, -0.2) is 13.4 Å². The smallest absolute Gasteiger partial charge is 0.261 e. The Balaban J connectivity index is 1.88. The third kappa shape index (κ3) is 3.97. The fourth-order valence-corrected chi connectivity index (χ4v) is 4.18. The zero-order valence-electron chi connectivity index (χ0n) is 13.7. The minimum absolute atomic E-state index is 0.171. The van der Waals surface area contributed by atoms with Crippen LogP contribution in [0.25, 0.3) is 0 Å². The van der Waals surface area contributed by atoms with Gasteiger partial charge in [-0.15, -0.1) is 0 Å². The summed E-state index contributed by atoms with van der Waals surface area (Å²) in [6.07, 6.45) is 3.54. The molecule has 0 amide bonds. The Morgan fingerprint density at radius 3 is 2.48 bits per heavy atom. The minimum Gasteiger partial charge on any atom is -0.497 e. The molecule has 0 bridgehead atoms. The molecule has 3 rings (SSSR count). The van der Waals surface area contributed by atoms with Crippen LogP contribution in [0, 0.1) is 0 Å². The normalized spacial score (nSPS) is 11.3. The molecule has 8 heteroatoms. The maximum absolute atomic E-state index is 12.6. The molecular formula is C17H17N3O3S2. The van der Waals surface area contributed by atoms with E-state index in [0.29, 0.717) is 11.4 Å². The number of sulfonamides is 1. The summed E-state index contributed by atoms with van der Waals surface area (Å²) in [6, 6.07) is 13.5. The van der Waals surface area contributed by atoms with Gasteiger partial charge in [0.05, 0.1) is 17.7 Å². The van der Waals surface area contributed by atoms with Crippen LogP contribution in [0.15, 0.2) is 75.9 Å². The summed E-state index contributed by atoms with van der Waals surface area (Å²) >= 11 is 1.39. The lowest BCUT2D eigenvalue weighted by Crippen LogP contribution is -2.13. The summed E-state index contributed by atoms with van der Waals surface area (Å²) in [4.78, 5) is 5.20. The Hall–Kier alpha value is -2.45. The largest absolute Gasteiger partial charge is 0.497 e. The molecule has 0 saturated heterocycles. The molecule has 0 spiro atoms. The number of benzene rings is 2. The van der Waals surface area contributed by atoms with Crippen molar-refractivity contribution in [1.29, 1.82) is 0 Å². The highest BCUT2D eigenvalue weighted by atomic mass is 32.2. The molecule has 0 aliphatic carbocycles. The number of nitrogens with zero attached hydrogens (tertiary/aromatic N) is 2. The van der Waals surface area contributed by atoms with E-state index < -0.39 is 10.0 Å². The number of aromatic nitrogens is 2. The Morgan fingerprint density at radius 2 is 1.84 bits per heavy atom. The zero-order chi connectivity index (χ0) is 17.9. The topological polar surface area (TPSA) is 73.2 Å².